The maximum atomic E-state index is 11.9. The quantitative estimate of drug-likeness (QED) is 0.0691. The maximum absolute atomic E-state index is 11.9. The molecule has 0 fully saturated rings. The molecule has 0 aliphatic heterocycles. The lowest BCUT2D eigenvalue weighted by Gasteiger charge is -2.10. The first-order valence-electron chi connectivity index (χ1n) is 17.4. The predicted molar refractivity (Wildman–Crippen MR) is 175 cm³/mol. The molecular weight excluding hydrogens is 478 g/mol. The monoisotopic (exact) mass is 550 g/mol. The van der Waals surface area contributed by atoms with Crippen molar-refractivity contribution in [3.05, 3.63) is 11.6 Å². The molecule has 0 unspecified atom stereocenters. The van der Waals surface area contributed by atoms with Crippen molar-refractivity contribution in [2.75, 3.05) is 33.7 Å². The molecule has 2 amide bonds. The third-order valence-electron chi connectivity index (χ3n) is 7.87. The van der Waals surface area contributed by atoms with E-state index in [9.17, 15) is 4.79 Å². The van der Waals surface area contributed by atoms with Crippen molar-refractivity contribution in [3.63, 3.8) is 0 Å². The number of carbonyl (C=O) groups excluding carboxylic acids is 1. The molecule has 4 nitrogen and oxygen atoms in total. The van der Waals surface area contributed by atoms with Crippen LogP contribution in [0.3, 0.4) is 0 Å². The van der Waals surface area contributed by atoms with Crippen molar-refractivity contribution in [2.24, 2.45) is 0 Å². The van der Waals surface area contributed by atoms with Crippen molar-refractivity contribution >= 4 is 6.03 Å². The number of urea groups is 1. The van der Waals surface area contributed by atoms with Crippen LogP contribution in [0.5, 0.6) is 0 Å². The van der Waals surface area contributed by atoms with Crippen LogP contribution in [0.15, 0.2) is 11.6 Å². The van der Waals surface area contributed by atoms with Gasteiger partial charge >= 0.3 is 6.03 Å². The molecule has 0 aromatic heterocycles. The number of nitrogens with zero attached hydrogens (tertiary/aromatic N) is 1. The predicted octanol–water partition coefficient (Wildman–Crippen LogP) is 10.6. The Labute approximate surface area is 245 Å². The zero-order chi connectivity index (χ0) is 28.7. The van der Waals surface area contributed by atoms with E-state index in [1.54, 1.807) is 5.57 Å². The van der Waals surface area contributed by atoms with E-state index in [4.69, 9.17) is 0 Å². The van der Waals surface area contributed by atoms with Crippen LogP contribution >= 0.6 is 0 Å². The Morgan fingerprint density at radius 2 is 0.949 bits per heavy atom. The van der Waals surface area contributed by atoms with Crippen molar-refractivity contribution < 1.29 is 4.79 Å². The fourth-order valence-corrected chi connectivity index (χ4v) is 5.25. The van der Waals surface area contributed by atoms with Crippen molar-refractivity contribution in [2.45, 2.75) is 174 Å². The summed E-state index contributed by atoms with van der Waals surface area (Å²) < 4.78 is 0. The first kappa shape index (κ1) is 38.0. The molecule has 232 valence electrons. The number of amides is 2. The molecule has 0 rings (SSSR count). The summed E-state index contributed by atoms with van der Waals surface area (Å²) in [5.74, 6) is 0. The van der Waals surface area contributed by atoms with Crippen LogP contribution in [0.2, 0.25) is 0 Å². The molecule has 4 heteroatoms. The lowest BCUT2D eigenvalue weighted by molar-refractivity contribution is 0.240. The van der Waals surface area contributed by atoms with Gasteiger partial charge in [0, 0.05) is 13.1 Å². The highest BCUT2D eigenvalue weighted by Gasteiger charge is 2.02. The number of hydrogen-bond acceptors (Lipinski definition) is 2. The van der Waals surface area contributed by atoms with Crippen LogP contribution < -0.4 is 10.6 Å². The van der Waals surface area contributed by atoms with Gasteiger partial charge in [-0.05, 0) is 78.4 Å². The lowest BCUT2D eigenvalue weighted by atomic mass is 9.97. The largest absolute Gasteiger partial charge is 0.338 e. The zero-order valence-electron chi connectivity index (χ0n) is 27.2. The van der Waals surface area contributed by atoms with Gasteiger partial charge in [0.1, 0.15) is 0 Å². The first-order chi connectivity index (χ1) is 19.1. The molecule has 0 aromatic rings. The number of allylic oxidation sites excluding steroid dienone is 2. The molecule has 2 N–H and O–H groups in total. The fourth-order valence-electron chi connectivity index (χ4n) is 5.25. The maximum Gasteiger partial charge on any atom is 0.314 e. The van der Waals surface area contributed by atoms with Gasteiger partial charge in [-0.15, -0.1) is 0 Å². The Balaban J connectivity index is 3.99. The Morgan fingerprint density at radius 3 is 1.44 bits per heavy atom. The highest BCUT2D eigenvalue weighted by molar-refractivity contribution is 5.73. The fraction of sp³-hybridized carbons (Fsp3) is 0.914. The molecular formula is C35H71N3O. The highest BCUT2D eigenvalue weighted by Crippen LogP contribution is 2.20. The van der Waals surface area contributed by atoms with Crippen LogP contribution in [-0.4, -0.2) is 44.7 Å². The number of nitrogens with one attached hydrogen (secondary N) is 2. The SMILES string of the molecule is CCCCCCCCCCC(=CCCCCCCNC(=O)NCCCCN(C)C)CCCCCCCCCC. The number of unbranched alkanes of at least 4 members (excludes halogenated alkanes) is 19. The van der Waals surface area contributed by atoms with E-state index < -0.39 is 0 Å². The summed E-state index contributed by atoms with van der Waals surface area (Å²) in [5, 5.41) is 5.99. The van der Waals surface area contributed by atoms with Gasteiger partial charge in [-0.25, -0.2) is 4.79 Å². The summed E-state index contributed by atoms with van der Waals surface area (Å²) in [6, 6.07) is -0.00523. The van der Waals surface area contributed by atoms with Crippen molar-refractivity contribution in [3.8, 4) is 0 Å². The van der Waals surface area contributed by atoms with Crippen LogP contribution in [0, 0.1) is 0 Å². The highest BCUT2D eigenvalue weighted by atomic mass is 16.2. The summed E-state index contributed by atoms with van der Waals surface area (Å²) in [6.07, 6.45) is 36.1. The van der Waals surface area contributed by atoms with Gasteiger partial charge in [0.15, 0.2) is 0 Å². The summed E-state index contributed by atoms with van der Waals surface area (Å²) >= 11 is 0. The van der Waals surface area contributed by atoms with E-state index in [0.717, 1.165) is 38.9 Å². The molecule has 0 atom stereocenters. The van der Waals surface area contributed by atoms with Gasteiger partial charge in [0.2, 0.25) is 0 Å². The first-order valence-corrected chi connectivity index (χ1v) is 17.4. The second-order valence-corrected chi connectivity index (χ2v) is 12.2. The third kappa shape index (κ3) is 31.4. The number of rotatable bonds is 30. The van der Waals surface area contributed by atoms with Gasteiger partial charge in [-0.2, -0.15) is 0 Å². The molecule has 0 saturated heterocycles. The molecule has 0 heterocycles. The van der Waals surface area contributed by atoms with Gasteiger partial charge in [-0.3, -0.25) is 0 Å². The average molecular weight is 550 g/mol. The molecule has 0 aliphatic rings. The van der Waals surface area contributed by atoms with E-state index in [0.29, 0.717) is 0 Å². The molecule has 39 heavy (non-hydrogen) atoms. The Morgan fingerprint density at radius 1 is 0.538 bits per heavy atom. The van der Waals surface area contributed by atoms with E-state index in [-0.39, 0.29) is 6.03 Å². The van der Waals surface area contributed by atoms with Crippen LogP contribution in [-0.2, 0) is 0 Å². The van der Waals surface area contributed by atoms with E-state index in [1.807, 2.05) is 0 Å². The zero-order valence-corrected chi connectivity index (χ0v) is 27.2. The normalized spacial score (nSPS) is 11.2. The summed E-state index contributed by atoms with van der Waals surface area (Å²) in [6.45, 7) is 7.25. The summed E-state index contributed by atoms with van der Waals surface area (Å²) in [4.78, 5) is 14.1. The second-order valence-electron chi connectivity index (χ2n) is 12.2. The summed E-state index contributed by atoms with van der Waals surface area (Å²) in [5.41, 5.74) is 1.75. The lowest BCUT2D eigenvalue weighted by Crippen LogP contribution is -2.36. The van der Waals surface area contributed by atoms with Crippen molar-refractivity contribution in [1.82, 2.24) is 15.5 Å². The molecule has 0 spiro atoms. The number of carbonyl (C=O) groups is 1. The van der Waals surface area contributed by atoms with Gasteiger partial charge in [-0.1, -0.05) is 128 Å². The van der Waals surface area contributed by atoms with Crippen LogP contribution in [0.25, 0.3) is 0 Å². The minimum atomic E-state index is -0.00523. The van der Waals surface area contributed by atoms with Gasteiger partial charge < -0.3 is 15.5 Å². The third-order valence-corrected chi connectivity index (χ3v) is 7.87. The van der Waals surface area contributed by atoms with E-state index in [2.05, 4.69) is 49.6 Å². The molecule has 0 radical (unpaired) electrons. The van der Waals surface area contributed by atoms with E-state index in [1.165, 1.54) is 141 Å². The summed E-state index contributed by atoms with van der Waals surface area (Å²) in [7, 11) is 4.18. The Kier molecular flexibility index (Phi) is 30.7. The molecule has 0 aliphatic carbocycles. The van der Waals surface area contributed by atoms with E-state index >= 15 is 0 Å². The standard InChI is InChI=1S/C35H71N3O/c1-5-7-9-11-13-15-18-22-28-34(29-23-19-16-14-12-10-8-6-2)30-24-20-17-21-25-31-36-35(39)37-32-26-27-33-38(3)4/h30H,5-29,31-33H2,1-4H3,(H2,36,37,39). The minimum Gasteiger partial charge on any atom is -0.338 e. The van der Waals surface area contributed by atoms with Gasteiger partial charge in [0.25, 0.3) is 0 Å². The Bertz CT molecular complexity index is 510. The van der Waals surface area contributed by atoms with Gasteiger partial charge in [0.05, 0.1) is 0 Å². The minimum absolute atomic E-state index is 0.00523. The molecule has 0 saturated carbocycles. The second kappa shape index (κ2) is 31.5. The molecule has 0 aromatic carbocycles. The molecule has 0 bridgehead atoms. The van der Waals surface area contributed by atoms with Crippen molar-refractivity contribution in [1.29, 1.82) is 0 Å². The topological polar surface area (TPSA) is 44.4 Å². The smallest absolute Gasteiger partial charge is 0.314 e. The average Bonchev–Trinajstić information content (AvgIpc) is 2.92. The van der Waals surface area contributed by atoms with Crippen LogP contribution in [0.4, 0.5) is 4.79 Å². The van der Waals surface area contributed by atoms with Crippen LogP contribution in [0.1, 0.15) is 174 Å². The Hall–Kier alpha value is -1.03. The number of hydrogen-bond donors (Lipinski definition) is 2.